The molecule has 0 aliphatic heterocycles. The molecule has 4 fully saturated rings. The number of fused-ring (bicyclic) bond motifs is 10. The lowest BCUT2D eigenvalue weighted by molar-refractivity contribution is 0.165. The van der Waals surface area contributed by atoms with Gasteiger partial charge in [-0.3, -0.25) is 9.97 Å². The number of aromatic nitrogens is 2. The molecular weight excluding hydrogens is 520 g/mol. The first kappa shape index (κ1) is 23.2. The Labute approximate surface area is 252 Å². The van der Waals surface area contributed by atoms with E-state index in [0.29, 0.717) is 5.92 Å². The average molecular weight is 559 g/mol. The summed E-state index contributed by atoms with van der Waals surface area (Å²) in [6, 6.07) is 17.2. The smallest absolute Gasteiger partial charge is 0.0784 e. The van der Waals surface area contributed by atoms with Gasteiger partial charge in [0, 0.05) is 39.4 Å². The molecule has 0 radical (unpaired) electrons. The van der Waals surface area contributed by atoms with Gasteiger partial charge in [-0.05, 0) is 156 Å². The van der Waals surface area contributed by atoms with Crippen LogP contribution in [0.1, 0.15) is 117 Å². The zero-order chi connectivity index (χ0) is 27.6. The summed E-state index contributed by atoms with van der Waals surface area (Å²) in [6.45, 7) is 0. The Morgan fingerprint density at radius 2 is 1.28 bits per heavy atom. The van der Waals surface area contributed by atoms with Gasteiger partial charge < -0.3 is 0 Å². The van der Waals surface area contributed by atoms with Crippen LogP contribution in [0.25, 0.3) is 54.1 Å². The number of hydrogen-bond donors (Lipinski definition) is 0. The topological polar surface area (TPSA) is 25.8 Å². The molecule has 212 valence electrons. The molecule has 2 nitrogen and oxygen atoms in total. The molecule has 13 rings (SSSR count). The highest BCUT2D eigenvalue weighted by atomic mass is 14.7. The van der Waals surface area contributed by atoms with Crippen molar-refractivity contribution in [2.45, 2.75) is 94.3 Å². The number of nitrogens with zero attached hydrogens (tertiary/aromatic N) is 2. The van der Waals surface area contributed by atoms with Crippen molar-refractivity contribution in [3.05, 3.63) is 71.0 Å². The Morgan fingerprint density at radius 3 is 2.14 bits per heavy atom. The normalized spacial score (nSPS) is 34.0. The zero-order valence-corrected chi connectivity index (χ0v) is 24.9. The van der Waals surface area contributed by atoms with Gasteiger partial charge in [-0.2, -0.15) is 0 Å². The predicted molar refractivity (Wildman–Crippen MR) is 176 cm³/mol. The lowest BCUT2D eigenvalue weighted by Gasteiger charge is -2.38. The van der Waals surface area contributed by atoms with E-state index in [0.717, 1.165) is 41.4 Å². The summed E-state index contributed by atoms with van der Waals surface area (Å²) in [6.07, 6.45) is 17.8. The van der Waals surface area contributed by atoms with E-state index in [9.17, 15) is 0 Å². The van der Waals surface area contributed by atoms with Crippen molar-refractivity contribution in [3.63, 3.8) is 0 Å². The van der Waals surface area contributed by atoms with Crippen LogP contribution in [0.3, 0.4) is 0 Å². The van der Waals surface area contributed by atoms with Crippen LogP contribution >= 0.6 is 0 Å². The Morgan fingerprint density at radius 1 is 0.535 bits per heavy atom. The third-order valence-electron chi connectivity index (χ3n) is 14.0. The molecule has 0 saturated heterocycles. The molecule has 7 aliphatic rings. The second-order valence-corrected chi connectivity index (χ2v) is 16.1. The molecule has 2 aromatic heterocycles. The fourth-order valence-corrected chi connectivity index (χ4v) is 12.6. The first-order valence-corrected chi connectivity index (χ1v) is 17.6. The van der Waals surface area contributed by atoms with Gasteiger partial charge in [0.15, 0.2) is 0 Å². The van der Waals surface area contributed by atoms with E-state index in [2.05, 4.69) is 48.7 Å². The van der Waals surface area contributed by atoms with Crippen molar-refractivity contribution in [3.8, 4) is 0 Å². The van der Waals surface area contributed by atoms with Gasteiger partial charge in [0.05, 0.1) is 11.0 Å². The first-order valence-electron chi connectivity index (χ1n) is 17.6. The minimum atomic E-state index is 0.673. The van der Waals surface area contributed by atoms with Crippen LogP contribution in [-0.2, 0) is 0 Å². The Balaban J connectivity index is 1.14. The van der Waals surface area contributed by atoms with E-state index in [-0.39, 0.29) is 0 Å². The van der Waals surface area contributed by atoms with Crippen LogP contribution in [0.15, 0.2) is 48.7 Å². The minimum Gasteiger partial charge on any atom is -0.255 e. The maximum absolute atomic E-state index is 5.65. The van der Waals surface area contributed by atoms with Crippen molar-refractivity contribution in [1.29, 1.82) is 0 Å². The Kier molecular flexibility index (Phi) is 4.24. The van der Waals surface area contributed by atoms with Gasteiger partial charge in [-0.1, -0.05) is 37.1 Å². The van der Waals surface area contributed by atoms with Crippen LogP contribution in [0, 0.1) is 23.7 Å². The molecule has 43 heavy (non-hydrogen) atoms. The summed E-state index contributed by atoms with van der Waals surface area (Å²) in [5, 5.41) is 11.1. The van der Waals surface area contributed by atoms with E-state index in [1.165, 1.54) is 130 Å². The van der Waals surface area contributed by atoms with Crippen LogP contribution < -0.4 is 0 Å². The highest BCUT2D eigenvalue weighted by Gasteiger charge is 2.44. The fourth-order valence-electron chi connectivity index (χ4n) is 12.6. The van der Waals surface area contributed by atoms with Gasteiger partial charge >= 0.3 is 0 Å². The van der Waals surface area contributed by atoms with E-state index < -0.39 is 0 Å². The molecule has 6 atom stereocenters. The second kappa shape index (κ2) is 7.87. The minimum absolute atomic E-state index is 0.673. The zero-order valence-electron chi connectivity index (χ0n) is 24.9. The van der Waals surface area contributed by atoms with Gasteiger partial charge in [-0.25, -0.2) is 0 Å². The molecule has 7 bridgehead atoms. The quantitative estimate of drug-likeness (QED) is 0.137. The predicted octanol–water partition coefficient (Wildman–Crippen LogP) is 10.9. The van der Waals surface area contributed by atoms with Gasteiger partial charge in [-0.15, -0.1) is 0 Å². The lowest BCUT2D eigenvalue weighted by atomic mass is 9.67. The fraction of sp³-hybridized carbons (Fsp3) is 0.463. The number of benzene rings is 4. The first-order chi connectivity index (χ1) is 21.2. The maximum atomic E-state index is 5.65. The highest BCUT2D eigenvalue weighted by molar-refractivity contribution is 6.32. The van der Waals surface area contributed by atoms with E-state index in [4.69, 9.17) is 9.97 Å². The van der Waals surface area contributed by atoms with Crippen molar-refractivity contribution in [2.75, 3.05) is 0 Å². The summed E-state index contributed by atoms with van der Waals surface area (Å²) in [7, 11) is 0. The third-order valence-corrected chi connectivity index (χ3v) is 14.0. The van der Waals surface area contributed by atoms with Crippen molar-refractivity contribution >= 4 is 54.1 Å². The molecule has 4 aromatic carbocycles. The number of pyridine rings is 2. The SMILES string of the molecule is c1nc2c(cc3ccc4cc5cc6c(nc5c5ccc2c3c45)C2CC3CC(CC6C3)C2)c2c1C1CCCC3CC2CC3C1. The number of hydrogen-bond acceptors (Lipinski definition) is 2. The van der Waals surface area contributed by atoms with Crippen LogP contribution in [0.4, 0.5) is 0 Å². The average Bonchev–Trinajstić information content (AvgIpc) is 3.13. The van der Waals surface area contributed by atoms with Gasteiger partial charge in [0.25, 0.3) is 0 Å². The third kappa shape index (κ3) is 2.92. The second-order valence-electron chi connectivity index (χ2n) is 16.1. The largest absolute Gasteiger partial charge is 0.255 e. The van der Waals surface area contributed by atoms with Crippen LogP contribution in [0.2, 0.25) is 0 Å². The van der Waals surface area contributed by atoms with E-state index in [1.54, 1.807) is 16.7 Å². The number of rotatable bonds is 0. The summed E-state index contributed by atoms with van der Waals surface area (Å²) in [5.74, 6) is 6.59. The van der Waals surface area contributed by atoms with Gasteiger partial charge in [0.1, 0.15) is 0 Å². The lowest BCUT2D eigenvalue weighted by Crippen LogP contribution is -2.25. The highest BCUT2D eigenvalue weighted by Crippen LogP contribution is 2.58. The molecule has 2 heterocycles. The van der Waals surface area contributed by atoms with Crippen molar-refractivity contribution < 1.29 is 0 Å². The maximum Gasteiger partial charge on any atom is 0.0784 e. The molecule has 4 saturated carbocycles. The van der Waals surface area contributed by atoms with Crippen LogP contribution in [-0.4, -0.2) is 9.97 Å². The van der Waals surface area contributed by atoms with Crippen LogP contribution in [0.5, 0.6) is 0 Å². The molecule has 6 unspecified atom stereocenters. The molecule has 7 aliphatic carbocycles. The summed E-state index contributed by atoms with van der Waals surface area (Å²) >= 11 is 0. The summed E-state index contributed by atoms with van der Waals surface area (Å²) in [4.78, 5) is 11.0. The van der Waals surface area contributed by atoms with E-state index >= 15 is 0 Å². The molecule has 6 aromatic rings. The summed E-state index contributed by atoms with van der Waals surface area (Å²) in [5.41, 5.74) is 8.83. The molecule has 0 N–H and O–H groups in total. The Hall–Kier alpha value is -3.26. The van der Waals surface area contributed by atoms with Crippen molar-refractivity contribution in [2.24, 2.45) is 23.7 Å². The molecule has 2 heteroatoms. The molecule has 0 spiro atoms. The molecule has 0 amide bonds. The Bertz CT molecular complexity index is 2180. The van der Waals surface area contributed by atoms with Gasteiger partial charge in [0.2, 0.25) is 0 Å². The molecular formula is C41H38N2. The van der Waals surface area contributed by atoms with Crippen molar-refractivity contribution in [1.82, 2.24) is 9.97 Å². The van der Waals surface area contributed by atoms with E-state index in [1.807, 2.05) is 0 Å². The summed E-state index contributed by atoms with van der Waals surface area (Å²) < 4.78 is 0. The standard InChI is InChI=1S/C41H38N2/c1-2-22-13-28-16-26(22)14-23(3-1)35-19-42-41-32-7-6-31-37-24(4-5-25(38(32)37)17-34(41)36(28)35)15-30-18-33-27-9-20-8-21(10-27)12-29(11-20)40(33)43-39(30)31/h4-7,15,17-23,26-29H,1-3,8-14,16H2. The monoisotopic (exact) mass is 558 g/mol.